The number of urea groups is 1. The number of hydrogen-bond acceptors (Lipinski definition) is 5. The molecule has 14 heteroatoms. The van der Waals surface area contributed by atoms with Crippen LogP contribution in [0, 0.1) is 0 Å². The fourth-order valence-corrected chi connectivity index (χ4v) is 6.03. The molecule has 3 aromatic rings. The third-order valence-corrected chi connectivity index (χ3v) is 8.59. The number of nitrogens with two attached hydrogens (primary N) is 1. The van der Waals surface area contributed by atoms with Gasteiger partial charge < -0.3 is 36.3 Å². The summed E-state index contributed by atoms with van der Waals surface area (Å²) in [6.45, 7) is 0.344. The lowest BCUT2D eigenvalue weighted by Gasteiger charge is -2.41. The van der Waals surface area contributed by atoms with Crippen molar-refractivity contribution in [1.82, 2.24) is 20.1 Å². The van der Waals surface area contributed by atoms with Crippen molar-refractivity contribution < 1.29 is 29.1 Å². The largest absolute Gasteiger partial charge is 0.481 e. The van der Waals surface area contributed by atoms with Crippen molar-refractivity contribution in [3.05, 3.63) is 63.8 Å². The number of amides is 5. The number of carbonyl (C=O) groups is 5. The second-order valence-corrected chi connectivity index (χ2v) is 11.5. The number of halogens is 2. The molecule has 12 nitrogen and oxygen atoms in total. The van der Waals surface area contributed by atoms with Gasteiger partial charge in [-0.15, -0.1) is 0 Å². The van der Waals surface area contributed by atoms with Gasteiger partial charge in [-0.1, -0.05) is 41.4 Å². The van der Waals surface area contributed by atoms with E-state index < -0.39 is 54.3 Å². The van der Waals surface area contributed by atoms with E-state index >= 15 is 0 Å². The molecule has 5 rings (SSSR count). The SMILES string of the molecule is NC(=O)[C@H](CC(=O)O)NC(=O)[C@@H]1CCCCN1C(=O)[C@H]1Cc2c([nH]c3ccccc23)CN1C(=O)Nc1ccc(Cl)c(Cl)c1. The van der Waals surface area contributed by atoms with Gasteiger partial charge in [0, 0.05) is 35.2 Å². The zero-order valence-corrected chi connectivity index (χ0v) is 24.5. The van der Waals surface area contributed by atoms with E-state index in [1.165, 1.54) is 15.9 Å². The van der Waals surface area contributed by atoms with E-state index in [-0.39, 0.29) is 24.5 Å². The summed E-state index contributed by atoms with van der Waals surface area (Å²) in [7, 11) is 0. The lowest BCUT2D eigenvalue weighted by atomic mass is 9.93. The molecule has 0 saturated carbocycles. The minimum atomic E-state index is -1.43. The quantitative estimate of drug-likeness (QED) is 0.268. The molecule has 0 unspecified atom stereocenters. The number of anilines is 1. The molecule has 3 heterocycles. The summed E-state index contributed by atoms with van der Waals surface area (Å²) in [6.07, 6.45) is 1.08. The first-order valence-electron chi connectivity index (χ1n) is 13.8. The highest BCUT2D eigenvalue weighted by Gasteiger charge is 2.42. The molecule has 0 bridgehead atoms. The monoisotopic (exact) mass is 628 g/mol. The zero-order chi connectivity index (χ0) is 30.8. The molecule has 0 spiro atoms. The third-order valence-electron chi connectivity index (χ3n) is 7.85. The van der Waals surface area contributed by atoms with Crippen molar-refractivity contribution in [3.8, 4) is 0 Å². The van der Waals surface area contributed by atoms with E-state index in [4.69, 9.17) is 34.0 Å². The molecule has 1 fully saturated rings. The van der Waals surface area contributed by atoms with Crippen LogP contribution in [0.3, 0.4) is 0 Å². The smallest absolute Gasteiger partial charge is 0.322 e. The van der Waals surface area contributed by atoms with E-state index in [9.17, 15) is 24.0 Å². The minimum absolute atomic E-state index is 0.0979. The van der Waals surface area contributed by atoms with Gasteiger partial charge in [0.1, 0.15) is 18.1 Å². The summed E-state index contributed by atoms with van der Waals surface area (Å²) >= 11 is 12.2. The van der Waals surface area contributed by atoms with Gasteiger partial charge in [0.25, 0.3) is 0 Å². The topological polar surface area (TPSA) is 178 Å². The number of aromatic nitrogens is 1. The third kappa shape index (κ3) is 6.40. The van der Waals surface area contributed by atoms with Gasteiger partial charge in [0.15, 0.2) is 0 Å². The van der Waals surface area contributed by atoms with Gasteiger partial charge in [0.2, 0.25) is 17.7 Å². The average Bonchev–Trinajstić information content (AvgIpc) is 3.35. The van der Waals surface area contributed by atoms with Crippen molar-refractivity contribution in [1.29, 1.82) is 0 Å². The van der Waals surface area contributed by atoms with Crippen LogP contribution in [-0.4, -0.2) is 74.3 Å². The van der Waals surface area contributed by atoms with Gasteiger partial charge >= 0.3 is 12.0 Å². The Kier molecular flexibility index (Phi) is 8.79. The van der Waals surface area contributed by atoms with Crippen LogP contribution in [-0.2, 0) is 32.1 Å². The van der Waals surface area contributed by atoms with Crippen LogP contribution >= 0.6 is 23.2 Å². The molecule has 2 aliphatic heterocycles. The highest BCUT2D eigenvalue weighted by molar-refractivity contribution is 6.42. The predicted octanol–water partition coefficient (Wildman–Crippen LogP) is 3.26. The molecule has 3 atom stereocenters. The highest BCUT2D eigenvalue weighted by Crippen LogP contribution is 2.33. The number of carboxylic acids is 1. The standard InChI is InChI=1S/C29H30Cl2N6O6/c30-18-9-8-15(11-19(18)31)33-29(43)37-14-22-17(16-5-1-2-6-20(16)34-22)12-24(37)28(42)36-10-4-3-7-23(36)27(41)35-21(26(32)40)13-25(38)39/h1-2,5-6,8-9,11,21,23-24,34H,3-4,7,10,12-14H2,(H2,32,40)(H,33,43)(H,35,41)(H,38,39)/t21-,23-,24+/m0/s1. The number of nitrogens with one attached hydrogen (secondary N) is 3. The van der Waals surface area contributed by atoms with E-state index in [0.29, 0.717) is 30.0 Å². The number of aliphatic carboxylic acids is 1. The van der Waals surface area contributed by atoms with Gasteiger partial charge in [-0.25, -0.2) is 4.79 Å². The normalized spacial score (nSPS) is 18.9. The molecule has 1 aromatic heterocycles. The fraction of sp³-hybridized carbons (Fsp3) is 0.345. The molecule has 43 heavy (non-hydrogen) atoms. The summed E-state index contributed by atoms with van der Waals surface area (Å²) in [6, 6.07) is 8.39. The average molecular weight is 630 g/mol. The van der Waals surface area contributed by atoms with Crippen LogP contribution < -0.4 is 16.4 Å². The summed E-state index contributed by atoms with van der Waals surface area (Å²) in [5.41, 5.74) is 8.28. The number of likely N-dealkylation sites (tertiary alicyclic amines) is 1. The summed E-state index contributed by atoms with van der Waals surface area (Å²) in [5.74, 6) is -3.41. The second kappa shape index (κ2) is 12.5. The van der Waals surface area contributed by atoms with Crippen molar-refractivity contribution in [2.24, 2.45) is 5.73 Å². The number of H-pyrrole nitrogens is 1. The molecular weight excluding hydrogens is 599 g/mol. The Hall–Kier alpha value is -4.29. The van der Waals surface area contributed by atoms with Gasteiger partial charge in [-0.05, 0) is 49.1 Å². The Labute approximate surface area is 256 Å². The Morgan fingerprint density at radius 2 is 1.79 bits per heavy atom. The molecule has 0 radical (unpaired) electrons. The lowest BCUT2D eigenvalue weighted by molar-refractivity contribution is -0.147. The van der Waals surface area contributed by atoms with E-state index in [1.807, 2.05) is 24.3 Å². The zero-order valence-electron chi connectivity index (χ0n) is 22.9. The molecule has 0 aliphatic carbocycles. The number of primary amides is 1. The Balaban J connectivity index is 1.45. The number of hydrogen-bond donors (Lipinski definition) is 5. The van der Waals surface area contributed by atoms with Gasteiger partial charge in [-0.3, -0.25) is 19.2 Å². The number of benzene rings is 2. The second-order valence-electron chi connectivity index (χ2n) is 10.6. The van der Waals surface area contributed by atoms with Crippen LogP contribution in [0.15, 0.2) is 42.5 Å². The number of para-hydroxylation sites is 1. The van der Waals surface area contributed by atoms with Crippen LogP contribution in [0.4, 0.5) is 10.5 Å². The lowest BCUT2D eigenvalue weighted by Crippen LogP contribution is -2.61. The Morgan fingerprint density at radius 1 is 1.02 bits per heavy atom. The van der Waals surface area contributed by atoms with Crippen LogP contribution in [0.5, 0.6) is 0 Å². The number of fused-ring (bicyclic) bond motifs is 3. The summed E-state index contributed by atoms with van der Waals surface area (Å²) < 4.78 is 0. The number of rotatable bonds is 7. The molecule has 1 saturated heterocycles. The minimum Gasteiger partial charge on any atom is -0.481 e. The first kappa shape index (κ1) is 30.2. The predicted molar refractivity (Wildman–Crippen MR) is 160 cm³/mol. The maximum Gasteiger partial charge on any atom is 0.322 e. The van der Waals surface area contributed by atoms with Crippen LogP contribution in [0.25, 0.3) is 10.9 Å². The maximum absolute atomic E-state index is 14.3. The van der Waals surface area contributed by atoms with Crippen LogP contribution in [0.1, 0.15) is 36.9 Å². The molecular formula is C29H30Cl2N6O6. The van der Waals surface area contributed by atoms with Gasteiger partial charge in [-0.2, -0.15) is 0 Å². The maximum atomic E-state index is 14.3. The first-order chi connectivity index (χ1) is 20.5. The van der Waals surface area contributed by atoms with E-state index in [2.05, 4.69) is 15.6 Å². The first-order valence-corrected chi connectivity index (χ1v) is 14.5. The molecule has 2 aliphatic rings. The number of carboxylic acid groups (broad SMARTS) is 1. The van der Waals surface area contributed by atoms with Crippen molar-refractivity contribution in [2.75, 3.05) is 11.9 Å². The molecule has 2 aromatic carbocycles. The number of nitrogens with zero attached hydrogens (tertiary/aromatic N) is 2. The van der Waals surface area contributed by atoms with E-state index in [1.54, 1.807) is 12.1 Å². The highest BCUT2D eigenvalue weighted by atomic mass is 35.5. The summed E-state index contributed by atoms with van der Waals surface area (Å²) in [4.78, 5) is 70.5. The van der Waals surface area contributed by atoms with Gasteiger partial charge in [0.05, 0.1) is 23.0 Å². The number of aromatic amines is 1. The van der Waals surface area contributed by atoms with Crippen LogP contribution in [0.2, 0.25) is 10.0 Å². The molecule has 5 amide bonds. The Morgan fingerprint density at radius 3 is 2.51 bits per heavy atom. The number of piperidine rings is 1. The van der Waals surface area contributed by atoms with E-state index in [0.717, 1.165) is 22.2 Å². The van der Waals surface area contributed by atoms with Crippen molar-refractivity contribution in [3.63, 3.8) is 0 Å². The molecule has 6 N–H and O–H groups in total. The summed E-state index contributed by atoms with van der Waals surface area (Å²) in [5, 5.41) is 15.9. The fourth-order valence-electron chi connectivity index (χ4n) is 5.74. The molecule has 226 valence electrons. The van der Waals surface area contributed by atoms with Crippen molar-refractivity contribution in [2.45, 2.75) is 56.8 Å². The van der Waals surface area contributed by atoms with Crippen molar-refractivity contribution >= 4 is 69.5 Å². The Bertz CT molecular complexity index is 1610. The number of carbonyl (C=O) groups excluding carboxylic acids is 4.